The minimum Gasteiger partial charge on any atom is -0.348 e. The molecule has 0 spiro atoms. The number of aryl methyl sites for hydroxylation is 2. The van der Waals surface area contributed by atoms with E-state index in [-0.39, 0.29) is 18.0 Å². The van der Waals surface area contributed by atoms with E-state index < -0.39 is 0 Å². The second kappa shape index (κ2) is 7.29. The fourth-order valence-electron chi connectivity index (χ4n) is 3.80. The van der Waals surface area contributed by atoms with Crippen molar-refractivity contribution < 1.29 is 4.79 Å². The number of urea groups is 1. The summed E-state index contributed by atoms with van der Waals surface area (Å²) in [5.74, 6) is 1.26. The highest BCUT2D eigenvalue weighted by atomic mass is 16.2. The number of aromatic nitrogens is 4. The molecule has 1 fully saturated rings. The van der Waals surface area contributed by atoms with Crippen molar-refractivity contribution in [2.24, 2.45) is 7.05 Å². The van der Waals surface area contributed by atoms with Crippen molar-refractivity contribution in [2.75, 3.05) is 13.1 Å². The number of H-pyrrole nitrogens is 1. The summed E-state index contributed by atoms with van der Waals surface area (Å²) in [6, 6.07) is -0.00375. The van der Waals surface area contributed by atoms with Crippen LogP contribution in [0, 0.1) is 13.8 Å². The number of rotatable bonds is 4. The Balaban J connectivity index is 1.69. The van der Waals surface area contributed by atoms with Crippen molar-refractivity contribution in [2.45, 2.75) is 52.0 Å². The smallest absolute Gasteiger partial charge is 0.317 e. The molecule has 0 saturated carbocycles. The van der Waals surface area contributed by atoms with Crippen molar-refractivity contribution in [3.05, 3.63) is 35.2 Å². The molecule has 0 aromatic carbocycles. The molecule has 136 valence electrons. The lowest BCUT2D eigenvalue weighted by Crippen LogP contribution is -2.46. The largest absolute Gasteiger partial charge is 0.348 e. The predicted molar refractivity (Wildman–Crippen MR) is 96.4 cm³/mol. The lowest BCUT2D eigenvalue weighted by molar-refractivity contribution is 0.174. The van der Waals surface area contributed by atoms with Gasteiger partial charge >= 0.3 is 6.03 Å². The minimum atomic E-state index is -0.00908. The molecule has 3 heterocycles. The Hall–Kier alpha value is -2.31. The molecule has 2 unspecified atom stereocenters. The van der Waals surface area contributed by atoms with Crippen molar-refractivity contribution in [3.63, 3.8) is 0 Å². The van der Waals surface area contributed by atoms with Gasteiger partial charge in [-0.25, -0.2) is 9.78 Å². The van der Waals surface area contributed by atoms with Crippen LogP contribution in [0.25, 0.3) is 0 Å². The normalized spacial score (nSPS) is 19.0. The highest BCUT2D eigenvalue weighted by molar-refractivity contribution is 5.75. The van der Waals surface area contributed by atoms with Gasteiger partial charge in [-0.2, -0.15) is 5.10 Å². The van der Waals surface area contributed by atoms with Crippen LogP contribution in [0.1, 0.15) is 60.9 Å². The van der Waals surface area contributed by atoms with Gasteiger partial charge in [0.2, 0.25) is 0 Å². The number of hydrogen-bond acceptors (Lipinski definition) is 3. The number of carbonyl (C=O) groups is 1. The molecule has 3 rings (SSSR count). The Morgan fingerprint density at radius 3 is 2.88 bits per heavy atom. The maximum absolute atomic E-state index is 12.8. The Labute approximate surface area is 148 Å². The van der Waals surface area contributed by atoms with Crippen LogP contribution in [-0.4, -0.2) is 43.8 Å². The summed E-state index contributed by atoms with van der Waals surface area (Å²) >= 11 is 0. The van der Waals surface area contributed by atoms with Gasteiger partial charge in [0.1, 0.15) is 5.82 Å². The predicted octanol–water partition coefficient (Wildman–Crippen LogP) is 2.80. The molecule has 0 radical (unpaired) electrons. The maximum Gasteiger partial charge on any atom is 0.317 e. The molecule has 7 nitrogen and oxygen atoms in total. The number of imidazole rings is 1. The number of nitrogens with one attached hydrogen (secondary N) is 2. The van der Waals surface area contributed by atoms with Crippen LogP contribution in [0.15, 0.2) is 12.4 Å². The maximum atomic E-state index is 12.8. The Morgan fingerprint density at radius 1 is 1.48 bits per heavy atom. The molecule has 0 bridgehead atoms. The zero-order valence-corrected chi connectivity index (χ0v) is 15.5. The molecular weight excluding hydrogens is 316 g/mol. The summed E-state index contributed by atoms with van der Waals surface area (Å²) in [5.41, 5.74) is 3.23. The summed E-state index contributed by atoms with van der Waals surface area (Å²) in [6.07, 6.45) is 6.52. The molecule has 2 amide bonds. The first-order valence-corrected chi connectivity index (χ1v) is 9.06. The number of hydrogen-bond donors (Lipinski definition) is 2. The third-order valence-corrected chi connectivity index (χ3v) is 5.23. The number of nitrogens with zero attached hydrogens (tertiary/aromatic N) is 4. The first-order chi connectivity index (χ1) is 12.0. The van der Waals surface area contributed by atoms with E-state index >= 15 is 0 Å². The van der Waals surface area contributed by atoms with E-state index in [0.717, 1.165) is 48.6 Å². The highest BCUT2D eigenvalue weighted by Gasteiger charge is 2.28. The van der Waals surface area contributed by atoms with Crippen molar-refractivity contribution in [3.8, 4) is 0 Å². The summed E-state index contributed by atoms with van der Waals surface area (Å²) in [5, 5.41) is 7.70. The average Bonchev–Trinajstić information content (AvgIpc) is 3.22. The van der Waals surface area contributed by atoms with Crippen LogP contribution in [0.4, 0.5) is 4.79 Å². The van der Waals surface area contributed by atoms with Gasteiger partial charge in [0.25, 0.3) is 0 Å². The van der Waals surface area contributed by atoms with Crippen molar-refractivity contribution in [1.29, 1.82) is 0 Å². The summed E-state index contributed by atoms with van der Waals surface area (Å²) in [7, 11) is 1.94. The molecule has 25 heavy (non-hydrogen) atoms. The Morgan fingerprint density at radius 2 is 2.28 bits per heavy atom. The van der Waals surface area contributed by atoms with Gasteiger partial charge in [-0.3, -0.25) is 4.68 Å². The Kier molecular flexibility index (Phi) is 5.11. The van der Waals surface area contributed by atoms with E-state index in [1.165, 1.54) is 0 Å². The number of carbonyl (C=O) groups excluding carboxylic acids is 1. The van der Waals surface area contributed by atoms with Gasteiger partial charge in [-0.05, 0) is 33.1 Å². The highest BCUT2D eigenvalue weighted by Crippen LogP contribution is 2.27. The van der Waals surface area contributed by atoms with Crippen LogP contribution in [0.5, 0.6) is 0 Å². The van der Waals surface area contributed by atoms with Crippen molar-refractivity contribution in [1.82, 2.24) is 30.0 Å². The lowest BCUT2D eigenvalue weighted by Gasteiger charge is -2.33. The Bertz CT molecular complexity index is 720. The van der Waals surface area contributed by atoms with E-state index in [1.54, 1.807) is 6.20 Å². The molecule has 0 aliphatic carbocycles. The quantitative estimate of drug-likeness (QED) is 0.895. The zero-order chi connectivity index (χ0) is 18.0. The summed E-state index contributed by atoms with van der Waals surface area (Å²) in [6.45, 7) is 7.66. The number of likely N-dealkylation sites (tertiary alicyclic amines) is 1. The third-order valence-electron chi connectivity index (χ3n) is 5.23. The van der Waals surface area contributed by atoms with Crippen molar-refractivity contribution >= 4 is 6.03 Å². The molecule has 2 N–H and O–H groups in total. The molecular formula is C18H28N6O. The van der Waals surface area contributed by atoms with Gasteiger partial charge in [0.15, 0.2) is 0 Å². The van der Waals surface area contributed by atoms with Crippen LogP contribution >= 0.6 is 0 Å². The monoisotopic (exact) mass is 344 g/mol. The van der Waals surface area contributed by atoms with Gasteiger partial charge in [-0.1, -0.05) is 6.92 Å². The van der Waals surface area contributed by atoms with Gasteiger partial charge in [0, 0.05) is 49.7 Å². The van der Waals surface area contributed by atoms with E-state index in [2.05, 4.69) is 34.2 Å². The second-order valence-electron chi connectivity index (χ2n) is 6.88. The molecule has 1 aliphatic heterocycles. The van der Waals surface area contributed by atoms with E-state index in [1.807, 2.05) is 29.7 Å². The average molecular weight is 344 g/mol. The van der Waals surface area contributed by atoms with Crippen LogP contribution < -0.4 is 5.32 Å². The van der Waals surface area contributed by atoms with E-state index in [0.29, 0.717) is 6.54 Å². The van der Waals surface area contributed by atoms with Crippen LogP contribution in [0.3, 0.4) is 0 Å². The number of amides is 2. The second-order valence-corrected chi connectivity index (χ2v) is 6.88. The summed E-state index contributed by atoms with van der Waals surface area (Å²) in [4.78, 5) is 22.3. The first kappa shape index (κ1) is 17.5. The van der Waals surface area contributed by atoms with Gasteiger partial charge in [0.05, 0.1) is 11.7 Å². The standard InChI is InChI=1S/C18H28N6O/c1-5-15(16-12(2)22-23(4)13(16)3)21-18(25)24-10-6-7-14(11-24)17-19-8-9-20-17/h8-9,14-15H,5-7,10-11H2,1-4H3,(H,19,20)(H,21,25). The molecule has 1 saturated heterocycles. The van der Waals surface area contributed by atoms with Crippen LogP contribution in [0.2, 0.25) is 0 Å². The van der Waals surface area contributed by atoms with E-state index in [9.17, 15) is 4.79 Å². The fraction of sp³-hybridized carbons (Fsp3) is 0.611. The lowest BCUT2D eigenvalue weighted by atomic mass is 9.97. The van der Waals surface area contributed by atoms with Gasteiger partial charge in [-0.15, -0.1) is 0 Å². The fourth-order valence-corrected chi connectivity index (χ4v) is 3.80. The zero-order valence-electron chi connectivity index (χ0n) is 15.5. The molecule has 7 heteroatoms. The topological polar surface area (TPSA) is 78.8 Å². The minimum absolute atomic E-state index is 0.00533. The third kappa shape index (κ3) is 3.55. The number of aromatic amines is 1. The van der Waals surface area contributed by atoms with Crippen LogP contribution in [-0.2, 0) is 7.05 Å². The SMILES string of the molecule is CCC(NC(=O)N1CCCC(c2ncc[nH]2)C1)c1c(C)nn(C)c1C. The molecule has 2 aromatic rings. The van der Waals surface area contributed by atoms with E-state index in [4.69, 9.17) is 0 Å². The first-order valence-electron chi connectivity index (χ1n) is 9.06. The van der Waals surface area contributed by atoms with Gasteiger partial charge < -0.3 is 15.2 Å². The number of piperidine rings is 1. The molecule has 2 aromatic heterocycles. The molecule has 2 atom stereocenters. The molecule has 1 aliphatic rings. The summed E-state index contributed by atoms with van der Waals surface area (Å²) < 4.78 is 1.88.